The van der Waals surface area contributed by atoms with Crippen molar-refractivity contribution in [3.05, 3.63) is 71.3 Å². The van der Waals surface area contributed by atoms with Crippen LogP contribution in [0.3, 0.4) is 0 Å². The van der Waals surface area contributed by atoms with Crippen molar-refractivity contribution in [3.8, 4) is 0 Å². The molecule has 1 aliphatic rings. The van der Waals surface area contributed by atoms with Crippen LogP contribution in [-0.4, -0.2) is 30.4 Å². The lowest BCUT2D eigenvalue weighted by Gasteiger charge is -2.17. The van der Waals surface area contributed by atoms with Gasteiger partial charge >= 0.3 is 0 Å². The van der Waals surface area contributed by atoms with Crippen molar-refractivity contribution in [1.29, 1.82) is 0 Å². The Labute approximate surface area is 146 Å². The van der Waals surface area contributed by atoms with Crippen molar-refractivity contribution in [2.24, 2.45) is 11.7 Å². The summed E-state index contributed by atoms with van der Waals surface area (Å²) in [6, 6.07) is 13.4. The zero-order chi connectivity index (χ0) is 17.8. The minimum Gasteiger partial charge on any atom is -0.342 e. The highest BCUT2D eigenvalue weighted by Gasteiger charge is 2.34. The molecule has 1 heterocycles. The molecule has 25 heavy (non-hydrogen) atoms. The van der Waals surface area contributed by atoms with E-state index >= 15 is 0 Å². The van der Waals surface area contributed by atoms with E-state index in [0.29, 0.717) is 19.6 Å². The number of nitrogens with zero attached hydrogens (tertiary/aromatic N) is 1. The number of aryl methyl sites for hydroxylation is 1. The Morgan fingerprint density at radius 1 is 1.12 bits per heavy atom. The minimum absolute atomic E-state index is 0.0412. The van der Waals surface area contributed by atoms with E-state index in [-0.39, 0.29) is 36.1 Å². The van der Waals surface area contributed by atoms with Gasteiger partial charge < -0.3 is 10.6 Å². The van der Waals surface area contributed by atoms with Crippen molar-refractivity contribution in [1.82, 2.24) is 4.90 Å². The second-order valence-electron chi connectivity index (χ2n) is 6.55. The molecule has 5 heteroatoms. The van der Waals surface area contributed by atoms with Gasteiger partial charge in [-0.25, -0.2) is 8.78 Å². The monoisotopic (exact) mass is 344 g/mol. The Balaban J connectivity index is 1.64. The number of halogens is 2. The Hall–Kier alpha value is -2.27. The summed E-state index contributed by atoms with van der Waals surface area (Å²) in [7, 11) is 0. The second-order valence-corrected chi connectivity index (χ2v) is 6.55. The average Bonchev–Trinajstić information content (AvgIpc) is 3.07. The lowest BCUT2D eigenvalue weighted by atomic mass is 9.89. The SMILES string of the molecule is NC[C@@H]1CN(C(=O)CCc2cc(F)ccc2F)C[C@H]1c1ccccc1. The topological polar surface area (TPSA) is 46.3 Å². The summed E-state index contributed by atoms with van der Waals surface area (Å²) in [4.78, 5) is 14.3. The number of amides is 1. The first-order valence-electron chi connectivity index (χ1n) is 8.55. The predicted molar refractivity (Wildman–Crippen MR) is 93.0 cm³/mol. The molecule has 1 aliphatic heterocycles. The number of nitrogens with two attached hydrogens (primary N) is 1. The van der Waals surface area contributed by atoms with Gasteiger partial charge in [0.25, 0.3) is 0 Å². The molecule has 1 saturated heterocycles. The van der Waals surface area contributed by atoms with E-state index in [0.717, 1.165) is 18.2 Å². The van der Waals surface area contributed by atoms with Crippen LogP contribution in [0.25, 0.3) is 0 Å². The third-order valence-electron chi connectivity index (χ3n) is 4.94. The largest absolute Gasteiger partial charge is 0.342 e. The smallest absolute Gasteiger partial charge is 0.222 e. The summed E-state index contributed by atoms with van der Waals surface area (Å²) in [6.45, 7) is 1.75. The fraction of sp³-hybridized carbons (Fsp3) is 0.350. The van der Waals surface area contributed by atoms with E-state index in [2.05, 4.69) is 12.1 Å². The highest BCUT2D eigenvalue weighted by molar-refractivity contribution is 5.77. The molecule has 2 atom stereocenters. The van der Waals surface area contributed by atoms with Crippen molar-refractivity contribution < 1.29 is 13.6 Å². The summed E-state index contributed by atoms with van der Waals surface area (Å²) in [6.07, 6.45) is 0.362. The molecule has 0 aromatic heterocycles. The summed E-state index contributed by atoms with van der Waals surface area (Å²) in [5.74, 6) is -0.561. The molecule has 0 spiro atoms. The molecule has 0 bridgehead atoms. The molecule has 0 aliphatic carbocycles. The number of carbonyl (C=O) groups excluding carboxylic acids is 1. The van der Waals surface area contributed by atoms with Gasteiger partial charge in [-0.05, 0) is 48.2 Å². The van der Waals surface area contributed by atoms with Crippen molar-refractivity contribution in [2.75, 3.05) is 19.6 Å². The molecule has 1 fully saturated rings. The molecular weight excluding hydrogens is 322 g/mol. The lowest BCUT2D eigenvalue weighted by Crippen LogP contribution is -2.30. The molecule has 0 unspecified atom stereocenters. The zero-order valence-electron chi connectivity index (χ0n) is 14.0. The predicted octanol–water partition coefficient (Wildman–Crippen LogP) is 3.10. The number of likely N-dealkylation sites (tertiary alicyclic amines) is 1. The van der Waals surface area contributed by atoms with Crippen LogP contribution in [0.2, 0.25) is 0 Å². The standard InChI is InChI=1S/C20H22F2N2O/c21-17-7-8-19(22)15(10-17)6-9-20(25)24-12-16(11-23)18(13-24)14-4-2-1-3-5-14/h1-5,7-8,10,16,18H,6,9,11-13,23H2/t16-,18+/m1/s1. The van der Waals surface area contributed by atoms with Crippen molar-refractivity contribution in [3.63, 3.8) is 0 Å². The highest BCUT2D eigenvalue weighted by atomic mass is 19.1. The summed E-state index contributed by atoms with van der Waals surface area (Å²) in [5.41, 5.74) is 7.32. The van der Waals surface area contributed by atoms with Crippen molar-refractivity contribution in [2.45, 2.75) is 18.8 Å². The molecule has 3 nitrogen and oxygen atoms in total. The maximum absolute atomic E-state index is 13.7. The molecule has 2 aromatic carbocycles. The number of hydrogen-bond acceptors (Lipinski definition) is 2. The van der Waals surface area contributed by atoms with Gasteiger partial charge in [0.1, 0.15) is 11.6 Å². The van der Waals surface area contributed by atoms with Crippen LogP contribution < -0.4 is 5.73 Å². The van der Waals surface area contributed by atoms with Crippen molar-refractivity contribution >= 4 is 5.91 Å². The minimum atomic E-state index is -0.489. The fourth-order valence-corrected chi connectivity index (χ4v) is 3.53. The highest BCUT2D eigenvalue weighted by Crippen LogP contribution is 2.32. The fourth-order valence-electron chi connectivity index (χ4n) is 3.53. The normalized spacial score (nSPS) is 20.0. The third-order valence-corrected chi connectivity index (χ3v) is 4.94. The van der Waals surface area contributed by atoms with Gasteiger partial charge in [0.15, 0.2) is 0 Å². The maximum Gasteiger partial charge on any atom is 0.222 e. The molecule has 3 rings (SSSR count). The molecule has 1 amide bonds. The van der Waals surface area contributed by atoms with Crippen LogP contribution >= 0.6 is 0 Å². The summed E-state index contributed by atoms with van der Waals surface area (Å²) >= 11 is 0. The molecule has 0 radical (unpaired) electrons. The number of hydrogen-bond donors (Lipinski definition) is 1. The van der Waals surface area contributed by atoms with Crippen LogP contribution in [0.5, 0.6) is 0 Å². The van der Waals surface area contributed by atoms with E-state index in [1.54, 1.807) is 4.90 Å². The molecule has 0 saturated carbocycles. The Kier molecular flexibility index (Phi) is 5.43. The second kappa shape index (κ2) is 7.74. The van der Waals surface area contributed by atoms with E-state index < -0.39 is 11.6 Å². The summed E-state index contributed by atoms with van der Waals surface area (Å²) in [5, 5.41) is 0. The van der Waals surface area contributed by atoms with Gasteiger partial charge in [-0.2, -0.15) is 0 Å². The molecular formula is C20H22F2N2O. The Bertz CT molecular complexity index is 736. The Morgan fingerprint density at radius 3 is 2.60 bits per heavy atom. The first kappa shape index (κ1) is 17.5. The van der Waals surface area contributed by atoms with E-state index in [9.17, 15) is 13.6 Å². The molecule has 2 N–H and O–H groups in total. The first-order chi connectivity index (χ1) is 12.1. The average molecular weight is 344 g/mol. The van der Waals surface area contributed by atoms with Crippen LogP contribution in [0.15, 0.2) is 48.5 Å². The number of rotatable bonds is 5. The molecule has 2 aromatic rings. The summed E-state index contributed by atoms with van der Waals surface area (Å²) < 4.78 is 26.9. The van der Waals surface area contributed by atoms with Crippen LogP contribution in [0.1, 0.15) is 23.5 Å². The lowest BCUT2D eigenvalue weighted by molar-refractivity contribution is -0.130. The van der Waals surface area contributed by atoms with E-state index in [1.807, 2.05) is 18.2 Å². The van der Waals surface area contributed by atoms with Gasteiger partial charge in [-0.15, -0.1) is 0 Å². The van der Waals surface area contributed by atoms with Crippen LogP contribution in [-0.2, 0) is 11.2 Å². The van der Waals surface area contributed by atoms with Gasteiger partial charge in [0, 0.05) is 25.4 Å². The number of carbonyl (C=O) groups is 1. The van der Waals surface area contributed by atoms with Gasteiger partial charge in [0.2, 0.25) is 5.91 Å². The van der Waals surface area contributed by atoms with Crippen LogP contribution in [0.4, 0.5) is 8.78 Å². The van der Waals surface area contributed by atoms with Gasteiger partial charge in [0.05, 0.1) is 0 Å². The van der Waals surface area contributed by atoms with Gasteiger partial charge in [-0.1, -0.05) is 30.3 Å². The molecule has 132 valence electrons. The van der Waals surface area contributed by atoms with E-state index in [4.69, 9.17) is 5.73 Å². The zero-order valence-corrected chi connectivity index (χ0v) is 14.0. The third kappa shape index (κ3) is 4.04. The van der Waals surface area contributed by atoms with E-state index in [1.165, 1.54) is 5.56 Å². The Morgan fingerprint density at radius 2 is 1.88 bits per heavy atom. The maximum atomic E-state index is 13.7. The number of benzene rings is 2. The first-order valence-corrected chi connectivity index (χ1v) is 8.55. The quantitative estimate of drug-likeness (QED) is 0.906. The van der Waals surface area contributed by atoms with Crippen LogP contribution in [0, 0.1) is 17.6 Å². The van der Waals surface area contributed by atoms with Gasteiger partial charge in [-0.3, -0.25) is 4.79 Å².